The maximum atomic E-state index is 12.0. The molecule has 1 amide bonds. The number of carbonyl (C=O) groups excluding carboxylic acids is 1. The molecule has 2 N–H and O–H groups in total. The Kier molecular flexibility index (Phi) is 2.59. The molecule has 1 saturated heterocycles. The van der Waals surface area contributed by atoms with Crippen LogP contribution in [0.15, 0.2) is 30.3 Å². The molecule has 1 aromatic rings. The minimum atomic E-state index is -0.366. The Bertz CT molecular complexity index is 389. The number of rotatable bonds is 2. The van der Waals surface area contributed by atoms with Crippen LogP contribution in [-0.2, 0) is 4.79 Å². The Labute approximate surface area is 95.6 Å². The maximum Gasteiger partial charge on any atom is 0.249 e. The molecule has 86 valence electrons. The van der Waals surface area contributed by atoms with Crippen molar-refractivity contribution in [1.82, 2.24) is 5.01 Å². The van der Waals surface area contributed by atoms with Gasteiger partial charge in [-0.1, -0.05) is 18.2 Å². The lowest BCUT2D eigenvalue weighted by molar-refractivity contribution is -0.134. The largest absolute Gasteiger partial charge is 0.312 e. The van der Waals surface area contributed by atoms with Crippen LogP contribution in [0.5, 0.6) is 0 Å². The van der Waals surface area contributed by atoms with Gasteiger partial charge in [0.05, 0.1) is 24.3 Å². The standard InChI is InChI=1S/C12H17N3O/c1-12(2)8-14(15(9-13)11(12)16)10-6-4-3-5-7-10/h3-7H,8-9,13H2,1-2H3. The number of hydrogen-bond acceptors (Lipinski definition) is 3. The molecule has 0 aliphatic carbocycles. The predicted octanol–water partition coefficient (Wildman–Crippen LogP) is 1.19. The first-order chi connectivity index (χ1) is 7.56. The molecule has 1 heterocycles. The third kappa shape index (κ3) is 1.65. The number of nitrogens with zero attached hydrogens (tertiary/aromatic N) is 2. The highest BCUT2D eigenvalue weighted by atomic mass is 16.2. The van der Waals surface area contributed by atoms with Gasteiger partial charge in [-0.25, -0.2) is 5.01 Å². The Morgan fingerprint density at radius 3 is 2.50 bits per heavy atom. The van der Waals surface area contributed by atoms with Gasteiger partial charge < -0.3 is 5.73 Å². The number of benzene rings is 1. The number of para-hydroxylation sites is 1. The van der Waals surface area contributed by atoms with Crippen LogP contribution >= 0.6 is 0 Å². The summed E-state index contributed by atoms with van der Waals surface area (Å²) in [4.78, 5) is 12.0. The van der Waals surface area contributed by atoms with Crippen molar-refractivity contribution in [3.63, 3.8) is 0 Å². The zero-order valence-electron chi connectivity index (χ0n) is 9.68. The average molecular weight is 219 g/mol. The third-order valence-corrected chi connectivity index (χ3v) is 2.88. The number of anilines is 1. The van der Waals surface area contributed by atoms with Crippen molar-refractivity contribution in [3.05, 3.63) is 30.3 Å². The van der Waals surface area contributed by atoms with E-state index in [9.17, 15) is 4.79 Å². The lowest BCUT2D eigenvalue weighted by Gasteiger charge is -2.28. The van der Waals surface area contributed by atoms with Gasteiger partial charge in [-0.2, -0.15) is 0 Å². The quantitative estimate of drug-likeness (QED) is 0.813. The zero-order valence-corrected chi connectivity index (χ0v) is 9.68. The summed E-state index contributed by atoms with van der Waals surface area (Å²) in [5, 5.41) is 3.55. The fourth-order valence-corrected chi connectivity index (χ4v) is 2.00. The summed E-state index contributed by atoms with van der Waals surface area (Å²) in [5.74, 6) is 0.0823. The van der Waals surface area contributed by atoms with E-state index in [1.165, 1.54) is 0 Å². The van der Waals surface area contributed by atoms with Gasteiger partial charge in [0, 0.05) is 0 Å². The van der Waals surface area contributed by atoms with Crippen molar-refractivity contribution in [2.45, 2.75) is 13.8 Å². The van der Waals surface area contributed by atoms with E-state index in [-0.39, 0.29) is 18.0 Å². The van der Waals surface area contributed by atoms with Crippen molar-refractivity contribution >= 4 is 11.6 Å². The van der Waals surface area contributed by atoms with E-state index in [1.54, 1.807) is 5.01 Å². The molecule has 16 heavy (non-hydrogen) atoms. The highest BCUT2D eigenvalue weighted by Gasteiger charge is 2.43. The van der Waals surface area contributed by atoms with Gasteiger partial charge in [-0.15, -0.1) is 0 Å². The summed E-state index contributed by atoms with van der Waals surface area (Å²) in [5.41, 5.74) is 6.28. The molecule has 0 saturated carbocycles. The number of nitrogens with two attached hydrogens (primary N) is 1. The highest BCUT2D eigenvalue weighted by molar-refractivity contribution is 5.87. The average Bonchev–Trinajstić information content (AvgIpc) is 2.52. The van der Waals surface area contributed by atoms with E-state index in [2.05, 4.69) is 0 Å². The van der Waals surface area contributed by atoms with Crippen LogP contribution in [0.25, 0.3) is 0 Å². The second kappa shape index (κ2) is 3.79. The zero-order chi connectivity index (χ0) is 11.8. The van der Waals surface area contributed by atoms with Crippen molar-refractivity contribution in [2.24, 2.45) is 11.1 Å². The van der Waals surface area contributed by atoms with Crippen LogP contribution in [-0.4, -0.2) is 24.1 Å². The van der Waals surface area contributed by atoms with E-state index in [1.807, 2.05) is 49.2 Å². The fraction of sp³-hybridized carbons (Fsp3) is 0.417. The van der Waals surface area contributed by atoms with Gasteiger partial charge in [-0.3, -0.25) is 9.80 Å². The van der Waals surface area contributed by atoms with Crippen LogP contribution in [0.3, 0.4) is 0 Å². The van der Waals surface area contributed by atoms with Gasteiger partial charge in [0.1, 0.15) is 0 Å². The molecule has 4 nitrogen and oxygen atoms in total. The van der Waals surface area contributed by atoms with Crippen LogP contribution in [0.2, 0.25) is 0 Å². The molecule has 0 atom stereocenters. The number of hydrogen-bond donors (Lipinski definition) is 1. The monoisotopic (exact) mass is 219 g/mol. The SMILES string of the molecule is CC1(C)CN(c2ccccc2)N(CN)C1=O. The first-order valence-corrected chi connectivity index (χ1v) is 5.41. The summed E-state index contributed by atoms with van der Waals surface area (Å²) in [6, 6.07) is 9.84. The summed E-state index contributed by atoms with van der Waals surface area (Å²) in [6.07, 6.45) is 0. The van der Waals surface area contributed by atoms with Gasteiger partial charge in [-0.05, 0) is 26.0 Å². The minimum Gasteiger partial charge on any atom is -0.312 e. The minimum absolute atomic E-state index is 0.0823. The second-order valence-electron chi connectivity index (χ2n) is 4.66. The van der Waals surface area contributed by atoms with E-state index < -0.39 is 0 Å². The molecule has 0 unspecified atom stereocenters. The molecule has 1 aliphatic heterocycles. The molecule has 4 heteroatoms. The molecule has 2 rings (SSSR count). The number of amides is 1. The molecule has 0 radical (unpaired) electrons. The highest BCUT2D eigenvalue weighted by Crippen LogP contribution is 2.32. The first kappa shape index (κ1) is 11.0. The summed E-state index contributed by atoms with van der Waals surface area (Å²) in [6.45, 7) is 4.78. The van der Waals surface area contributed by atoms with E-state index in [0.29, 0.717) is 6.54 Å². The van der Waals surface area contributed by atoms with Crippen molar-refractivity contribution < 1.29 is 4.79 Å². The van der Waals surface area contributed by atoms with Gasteiger partial charge in [0.2, 0.25) is 5.91 Å². The van der Waals surface area contributed by atoms with Crippen LogP contribution in [0, 0.1) is 5.41 Å². The smallest absolute Gasteiger partial charge is 0.249 e. The van der Waals surface area contributed by atoms with Crippen LogP contribution in [0.1, 0.15) is 13.8 Å². The fourth-order valence-electron chi connectivity index (χ4n) is 2.00. The van der Waals surface area contributed by atoms with E-state index >= 15 is 0 Å². The van der Waals surface area contributed by atoms with Crippen molar-refractivity contribution in [2.75, 3.05) is 18.2 Å². The molecule has 0 aromatic heterocycles. The van der Waals surface area contributed by atoms with Gasteiger partial charge in [0.15, 0.2) is 0 Å². The van der Waals surface area contributed by atoms with Gasteiger partial charge in [0.25, 0.3) is 0 Å². The lowest BCUT2D eigenvalue weighted by Crippen LogP contribution is -2.43. The molecule has 0 bridgehead atoms. The Hall–Kier alpha value is -1.55. The predicted molar refractivity (Wildman–Crippen MR) is 63.5 cm³/mol. The number of carbonyl (C=O) groups is 1. The van der Waals surface area contributed by atoms with E-state index in [4.69, 9.17) is 5.73 Å². The first-order valence-electron chi connectivity index (χ1n) is 5.41. The van der Waals surface area contributed by atoms with Crippen molar-refractivity contribution in [1.29, 1.82) is 0 Å². The number of hydrazine groups is 1. The molecular formula is C12H17N3O. The molecule has 1 aliphatic rings. The van der Waals surface area contributed by atoms with Crippen LogP contribution in [0.4, 0.5) is 5.69 Å². The normalized spacial score (nSPS) is 19.3. The summed E-state index contributed by atoms with van der Waals surface area (Å²) >= 11 is 0. The molecule has 1 fully saturated rings. The summed E-state index contributed by atoms with van der Waals surface area (Å²) in [7, 11) is 0. The Morgan fingerprint density at radius 2 is 1.94 bits per heavy atom. The lowest BCUT2D eigenvalue weighted by atomic mass is 9.94. The molecule has 0 spiro atoms. The van der Waals surface area contributed by atoms with Crippen molar-refractivity contribution in [3.8, 4) is 0 Å². The van der Waals surface area contributed by atoms with Crippen LogP contribution < -0.4 is 10.7 Å². The summed E-state index contributed by atoms with van der Waals surface area (Å²) < 4.78 is 0. The second-order valence-corrected chi connectivity index (χ2v) is 4.66. The van der Waals surface area contributed by atoms with E-state index in [0.717, 1.165) is 5.69 Å². The Morgan fingerprint density at radius 1 is 1.31 bits per heavy atom. The third-order valence-electron chi connectivity index (χ3n) is 2.88. The topological polar surface area (TPSA) is 49.6 Å². The molecule has 1 aromatic carbocycles. The maximum absolute atomic E-state index is 12.0. The Balaban J connectivity index is 2.33. The molecular weight excluding hydrogens is 202 g/mol. The van der Waals surface area contributed by atoms with Gasteiger partial charge >= 0.3 is 0 Å².